The zero-order valence-electron chi connectivity index (χ0n) is 9.60. The molecule has 0 aliphatic carbocycles. The van der Waals surface area contributed by atoms with Crippen LogP contribution in [0.2, 0.25) is 0 Å². The molecule has 0 fully saturated rings. The number of rotatable bonds is 6. The van der Waals surface area contributed by atoms with Crippen LogP contribution in [0, 0.1) is 6.92 Å². The number of benzene rings is 1. The number of ether oxygens (including phenoxy) is 1. The maximum Gasteiger partial charge on any atom is 0.329 e. The third kappa shape index (κ3) is 5.12. The summed E-state index contributed by atoms with van der Waals surface area (Å²) in [5.74, 6) is -1.21. The zero-order valence-corrected chi connectivity index (χ0v) is 9.60. The minimum atomic E-state index is -1.02. The van der Waals surface area contributed by atoms with E-state index >= 15 is 0 Å². The maximum absolute atomic E-state index is 11.6. The van der Waals surface area contributed by atoms with Gasteiger partial charge in [-0.1, -0.05) is 17.7 Å². The fourth-order valence-corrected chi connectivity index (χ4v) is 1.28. The van der Waals surface area contributed by atoms with E-state index in [-0.39, 0.29) is 19.1 Å². The predicted molar refractivity (Wildman–Crippen MR) is 62.0 cm³/mol. The summed E-state index contributed by atoms with van der Waals surface area (Å²) in [5.41, 5.74) is 1.60. The lowest BCUT2D eigenvalue weighted by molar-refractivity contribution is -0.142. The molecule has 0 bridgehead atoms. The van der Waals surface area contributed by atoms with Gasteiger partial charge in [-0.3, -0.25) is 4.79 Å². The molecule has 0 saturated carbocycles. The van der Waals surface area contributed by atoms with Gasteiger partial charge in [0.15, 0.2) is 0 Å². The van der Waals surface area contributed by atoms with Crippen LogP contribution in [0.1, 0.15) is 15.9 Å². The molecule has 1 rings (SSSR count). The average molecular weight is 237 g/mol. The van der Waals surface area contributed by atoms with Crippen molar-refractivity contribution in [2.75, 3.05) is 19.8 Å². The molecule has 0 aliphatic rings. The first-order chi connectivity index (χ1) is 8.09. The van der Waals surface area contributed by atoms with Crippen LogP contribution in [-0.4, -0.2) is 36.7 Å². The Balaban J connectivity index is 2.28. The lowest BCUT2D eigenvalue weighted by atomic mass is 10.1. The number of carboxylic acid groups (broad SMARTS) is 1. The van der Waals surface area contributed by atoms with E-state index < -0.39 is 5.97 Å². The number of carbonyl (C=O) groups excluding carboxylic acids is 1. The van der Waals surface area contributed by atoms with Gasteiger partial charge in [0.2, 0.25) is 0 Å². The largest absolute Gasteiger partial charge is 0.480 e. The van der Waals surface area contributed by atoms with Crippen molar-refractivity contribution in [3.63, 3.8) is 0 Å². The highest BCUT2D eigenvalue weighted by Crippen LogP contribution is 2.03. The van der Waals surface area contributed by atoms with Gasteiger partial charge in [-0.2, -0.15) is 0 Å². The average Bonchev–Trinajstić information content (AvgIpc) is 2.28. The SMILES string of the molecule is Cc1cccc(C(=O)NCCOCC(=O)O)c1. The smallest absolute Gasteiger partial charge is 0.329 e. The van der Waals surface area contributed by atoms with Crippen molar-refractivity contribution in [1.29, 1.82) is 0 Å². The Morgan fingerprint density at radius 1 is 1.41 bits per heavy atom. The number of aryl methyl sites for hydroxylation is 1. The van der Waals surface area contributed by atoms with E-state index in [1.807, 2.05) is 19.1 Å². The third-order valence-corrected chi connectivity index (χ3v) is 2.04. The summed E-state index contributed by atoms with van der Waals surface area (Å²) in [6, 6.07) is 7.23. The number of aliphatic carboxylic acids is 1. The Labute approximate surface area is 99.4 Å². The minimum Gasteiger partial charge on any atom is -0.480 e. The molecule has 0 atom stereocenters. The first kappa shape index (κ1) is 13.2. The zero-order chi connectivity index (χ0) is 12.7. The Hall–Kier alpha value is -1.88. The third-order valence-electron chi connectivity index (χ3n) is 2.04. The minimum absolute atomic E-state index is 0.184. The van der Waals surface area contributed by atoms with Crippen molar-refractivity contribution in [1.82, 2.24) is 5.32 Å². The molecule has 0 saturated heterocycles. The molecule has 17 heavy (non-hydrogen) atoms. The summed E-state index contributed by atoms with van der Waals surface area (Å²) in [6.45, 7) is 2.04. The van der Waals surface area contributed by atoms with Crippen LogP contribution in [0.5, 0.6) is 0 Å². The Kier molecular flexibility index (Phi) is 5.16. The van der Waals surface area contributed by atoms with E-state index in [0.29, 0.717) is 12.1 Å². The molecule has 92 valence electrons. The van der Waals surface area contributed by atoms with E-state index in [1.165, 1.54) is 0 Å². The van der Waals surface area contributed by atoms with Gasteiger partial charge in [-0.15, -0.1) is 0 Å². The number of carbonyl (C=O) groups is 2. The lowest BCUT2D eigenvalue weighted by Gasteiger charge is -2.05. The molecule has 1 aromatic rings. The fraction of sp³-hybridized carbons (Fsp3) is 0.333. The standard InChI is InChI=1S/C12H15NO4/c1-9-3-2-4-10(7-9)12(16)13-5-6-17-8-11(14)15/h2-4,7H,5-6,8H2,1H3,(H,13,16)(H,14,15). The molecule has 1 aromatic carbocycles. The van der Waals surface area contributed by atoms with E-state index in [1.54, 1.807) is 12.1 Å². The summed E-state index contributed by atoms with van der Waals surface area (Å²) in [6.07, 6.45) is 0. The fourth-order valence-electron chi connectivity index (χ4n) is 1.28. The van der Waals surface area contributed by atoms with Crippen LogP contribution in [0.15, 0.2) is 24.3 Å². The van der Waals surface area contributed by atoms with Gasteiger partial charge in [0.1, 0.15) is 6.61 Å². The highest BCUT2D eigenvalue weighted by molar-refractivity contribution is 5.94. The summed E-state index contributed by atoms with van der Waals surface area (Å²) >= 11 is 0. The van der Waals surface area contributed by atoms with Gasteiger partial charge >= 0.3 is 5.97 Å². The quantitative estimate of drug-likeness (QED) is 0.718. The molecule has 0 spiro atoms. The molecule has 0 aliphatic heterocycles. The molecule has 0 unspecified atom stereocenters. The van der Waals surface area contributed by atoms with Gasteiger partial charge in [-0.05, 0) is 19.1 Å². The van der Waals surface area contributed by atoms with Crippen LogP contribution in [0.4, 0.5) is 0 Å². The molecular weight excluding hydrogens is 222 g/mol. The van der Waals surface area contributed by atoms with Crippen LogP contribution in [0.3, 0.4) is 0 Å². The van der Waals surface area contributed by atoms with E-state index in [0.717, 1.165) is 5.56 Å². The Morgan fingerprint density at radius 3 is 2.82 bits per heavy atom. The van der Waals surface area contributed by atoms with Gasteiger partial charge in [0, 0.05) is 12.1 Å². The molecular formula is C12H15NO4. The molecule has 5 heteroatoms. The lowest BCUT2D eigenvalue weighted by Crippen LogP contribution is -2.27. The summed E-state index contributed by atoms with van der Waals surface area (Å²) in [5, 5.41) is 11.0. The van der Waals surface area contributed by atoms with Crippen LogP contribution in [-0.2, 0) is 9.53 Å². The Bertz CT molecular complexity index is 403. The van der Waals surface area contributed by atoms with Crippen LogP contribution in [0.25, 0.3) is 0 Å². The molecule has 0 aromatic heterocycles. The highest BCUT2D eigenvalue weighted by Gasteiger charge is 2.04. The van der Waals surface area contributed by atoms with Crippen LogP contribution >= 0.6 is 0 Å². The molecule has 0 radical (unpaired) electrons. The number of hydrogen-bond donors (Lipinski definition) is 2. The monoisotopic (exact) mass is 237 g/mol. The summed E-state index contributed by atoms with van der Waals surface area (Å²) in [4.78, 5) is 21.8. The van der Waals surface area contributed by atoms with Crippen molar-refractivity contribution < 1.29 is 19.4 Å². The van der Waals surface area contributed by atoms with E-state index in [2.05, 4.69) is 5.32 Å². The Morgan fingerprint density at radius 2 is 2.18 bits per heavy atom. The number of nitrogens with one attached hydrogen (secondary N) is 1. The highest BCUT2D eigenvalue weighted by atomic mass is 16.5. The normalized spacial score (nSPS) is 9.94. The summed E-state index contributed by atoms with van der Waals surface area (Å²) < 4.78 is 4.79. The second-order valence-corrected chi connectivity index (χ2v) is 3.57. The predicted octanol–water partition coefficient (Wildman–Crippen LogP) is 0.826. The number of hydrogen-bond acceptors (Lipinski definition) is 3. The topological polar surface area (TPSA) is 75.6 Å². The first-order valence-electron chi connectivity index (χ1n) is 5.24. The molecule has 0 heterocycles. The van der Waals surface area contributed by atoms with Gasteiger partial charge < -0.3 is 15.2 Å². The molecule has 5 nitrogen and oxygen atoms in total. The van der Waals surface area contributed by atoms with Crippen molar-refractivity contribution in [2.45, 2.75) is 6.92 Å². The maximum atomic E-state index is 11.6. The second kappa shape index (κ2) is 6.65. The van der Waals surface area contributed by atoms with Crippen molar-refractivity contribution in [3.05, 3.63) is 35.4 Å². The molecule has 2 N–H and O–H groups in total. The van der Waals surface area contributed by atoms with Crippen molar-refractivity contribution in [3.8, 4) is 0 Å². The first-order valence-corrected chi connectivity index (χ1v) is 5.24. The van der Waals surface area contributed by atoms with E-state index in [4.69, 9.17) is 9.84 Å². The van der Waals surface area contributed by atoms with Crippen molar-refractivity contribution in [2.24, 2.45) is 0 Å². The van der Waals surface area contributed by atoms with E-state index in [9.17, 15) is 9.59 Å². The van der Waals surface area contributed by atoms with Gasteiger partial charge in [-0.25, -0.2) is 4.79 Å². The number of carboxylic acids is 1. The van der Waals surface area contributed by atoms with Gasteiger partial charge in [0.25, 0.3) is 5.91 Å². The molecule has 1 amide bonds. The van der Waals surface area contributed by atoms with Crippen LogP contribution < -0.4 is 5.32 Å². The second-order valence-electron chi connectivity index (χ2n) is 3.57. The summed E-state index contributed by atoms with van der Waals surface area (Å²) in [7, 11) is 0. The number of amides is 1. The van der Waals surface area contributed by atoms with Gasteiger partial charge in [0.05, 0.1) is 6.61 Å². The van der Waals surface area contributed by atoms with Crippen molar-refractivity contribution >= 4 is 11.9 Å².